The summed E-state index contributed by atoms with van der Waals surface area (Å²) >= 11 is 3.21. The summed E-state index contributed by atoms with van der Waals surface area (Å²) in [7, 11) is 0. The van der Waals surface area contributed by atoms with E-state index >= 15 is 0 Å². The zero-order valence-electron chi connectivity index (χ0n) is 12.1. The number of hydrogen-bond donors (Lipinski definition) is 1. The Morgan fingerprint density at radius 3 is 2.71 bits per heavy atom. The molecular formula is C15H16BrN3O2. The number of pyridine rings is 1. The normalized spacial score (nSPS) is 10.7. The van der Waals surface area contributed by atoms with Crippen LogP contribution in [-0.2, 0) is 0 Å². The third kappa shape index (κ3) is 3.39. The molecule has 1 aromatic heterocycles. The van der Waals surface area contributed by atoms with E-state index in [9.17, 15) is 10.1 Å². The van der Waals surface area contributed by atoms with E-state index in [0.717, 1.165) is 16.8 Å². The van der Waals surface area contributed by atoms with Gasteiger partial charge in [0.25, 0.3) is 0 Å². The lowest BCUT2D eigenvalue weighted by molar-refractivity contribution is -0.384. The van der Waals surface area contributed by atoms with Crippen LogP contribution in [0, 0.1) is 17.0 Å². The maximum absolute atomic E-state index is 11.2. The highest BCUT2D eigenvalue weighted by atomic mass is 79.9. The predicted octanol–water partition coefficient (Wildman–Crippen LogP) is 4.93. The van der Waals surface area contributed by atoms with Crippen molar-refractivity contribution in [3.05, 3.63) is 56.2 Å². The van der Waals surface area contributed by atoms with Gasteiger partial charge in [-0.25, -0.2) is 4.98 Å². The van der Waals surface area contributed by atoms with E-state index in [-0.39, 0.29) is 11.5 Å². The molecule has 6 heteroatoms. The summed E-state index contributed by atoms with van der Waals surface area (Å²) in [4.78, 5) is 14.9. The molecule has 0 atom stereocenters. The Bertz CT molecular complexity index is 687. The number of nitro groups is 1. The number of nitrogens with one attached hydrogen (secondary N) is 1. The van der Waals surface area contributed by atoms with Crippen LogP contribution in [-0.4, -0.2) is 9.91 Å². The maximum atomic E-state index is 11.2. The number of benzene rings is 1. The summed E-state index contributed by atoms with van der Waals surface area (Å²) in [5.74, 6) is 0.557. The molecule has 1 aromatic carbocycles. The van der Waals surface area contributed by atoms with Gasteiger partial charge in [-0.05, 0) is 39.9 Å². The molecule has 21 heavy (non-hydrogen) atoms. The highest BCUT2D eigenvalue weighted by molar-refractivity contribution is 9.10. The number of nitrogens with zero attached hydrogens (tertiary/aromatic N) is 2. The topological polar surface area (TPSA) is 68.1 Å². The fourth-order valence-electron chi connectivity index (χ4n) is 2.12. The van der Waals surface area contributed by atoms with Crippen molar-refractivity contribution < 1.29 is 4.92 Å². The van der Waals surface area contributed by atoms with Crippen molar-refractivity contribution in [1.82, 2.24) is 4.98 Å². The van der Waals surface area contributed by atoms with Crippen molar-refractivity contribution in [3.63, 3.8) is 0 Å². The molecule has 0 bridgehead atoms. The van der Waals surface area contributed by atoms with Gasteiger partial charge in [0.05, 0.1) is 4.92 Å². The zero-order valence-corrected chi connectivity index (χ0v) is 13.6. The first kappa shape index (κ1) is 15.4. The Labute approximate surface area is 131 Å². The minimum atomic E-state index is -0.437. The van der Waals surface area contributed by atoms with Crippen LogP contribution in [0.5, 0.6) is 0 Å². The lowest BCUT2D eigenvalue weighted by Gasteiger charge is -2.16. The van der Waals surface area contributed by atoms with Gasteiger partial charge in [0.1, 0.15) is 0 Å². The minimum absolute atomic E-state index is 0.0534. The molecule has 0 amide bonds. The third-order valence-electron chi connectivity index (χ3n) is 3.20. The molecule has 0 aliphatic carbocycles. The Morgan fingerprint density at radius 2 is 2.10 bits per heavy atom. The average Bonchev–Trinajstić information content (AvgIpc) is 2.42. The lowest BCUT2D eigenvalue weighted by atomic mass is 9.98. The molecule has 2 aromatic rings. The second-order valence-electron chi connectivity index (χ2n) is 5.10. The van der Waals surface area contributed by atoms with Crippen molar-refractivity contribution in [3.8, 4) is 0 Å². The second-order valence-corrected chi connectivity index (χ2v) is 6.01. The molecule has 0 saturated heterocycles. The van der Waals surface area contributed by atoms with Crippen LogP contribution in [0.1, 0.15) is 30.9 Å². The van der Waals surface area contributed by atoms with Gasteiger partial charge < -0.3 is 5.32 Å². The number of hydrogen-bond acceptors (Lipinski definition) is 4. The van der Waals surface area contributed by atoms with Gasteiger partial charge in [0.15, 0.2) is 0 Å². The Hall–Kier alpha value is -1.95. The number of anilines is 2. The summed E-state index contributed by atoms with van der Waals surface area (Å²) in [6.07, 6.45) is 1.54. The van der Waals surface area contributed by atoms with Gasteiger partial charge >= 0.3 is 5.69 Å². The van der Waals surface area contributed by atoms with E-state index in [1.165, 1.54) is 6.07 Å². The summed E-state index contributed by atoms with van der Waals surface area (Å²) in [5, 5.41) is 14.3. The van der Waals surface area contributed by atoms with Gasteiger partial charge in [-0.3, -0.25) is 10.1 Å². The molecule has 0 fully saturated rings. The smallest absolute Gasteiger partial charge is 0.312 e. The highest BCUT2D eigenvalue weighted by Gasteiger charge is 2.18. The predicted molar refractivity (Wildman–Crippen MR) is 87.1 cm³/mol. The van der Waals surface area contributed by atoms with Crippen molar-refractivity contribution in [2.24, 2.45) is 0 Å². The van der Waals surface area contributed by atoms with Gasteiger partial charge in [-0.1, -0.05) is 32.0 Å². The molecular weight excluding hydrogens is 334 g/mol. The van der Waals surface area contributed by atoms with Crippen LogP contribution in [0.25, 0.3) is 0 Å². The average molecular weight is 350 g/mol. The lowest BCUT2D eigenvalue weighted by Crippen LogP contribution is -2.04. The summed E-state index contributed by atoms with van der Waals surface area (Å²) in [6, 6.07) is 7.42. The van der Waals surface area contributed by atoms with Gasteiger partial charge in [-0.15, -0.1) is 0 Å². The van der Waals surface area contributed by atoms with Crippen LogP contribution in [0.15, 0.2) is 34.9 Å². The molecule has 110 valence electrons. The van der Waals surface area contributed by atoms with E-state index in [1.807, 2.05) is 25.1 Å². The van der Waals surface area contributed by atoms with Crippen molar-refractivity contribution >= 4 is 33.1 Å². The summed E-state index contributed by atoms with van der Waals surface area (Å²) in [6.45, 7) is 6.14. The second kappa shape index (κ2) is 6.22. The van der Waals surface area contributed by atoms with Crippen LogP contribution < -0.4 is 5.32 Å². The fraction of sp³-hybridized carbons (Fsp3) is 0.267. The highest BCUT2D eigenvalue weighted by Crippen LogP contribution is 2.33. The molecule has 1 N–H and O–H groups in total. The molecule has 0 aliphatic rings. The summed E-state index contributed by atoms with van der Waals surface area (Å²) in [5.41, 5.74) is 2.96. The quantitative estimate of drug-likeness (QED) is 0.627. The third-order valence-corrected chi connectivity index (χ3v) is 3.64. The SMILES string of the molecule is Cc1cccc(C(C)C)c1Nc1ncc(Br)cc1[N+](=O)[O-]. The Balaban J connectivity index is 2.51. The first-order chi connectivity index (χ1) is 9.90. The van der Waals surface area contributed by atoms with Gasteiger partial charge in [0, 0.05) is 22.4 Å². The molecule has 0 saturated carbocycles. The van der Waals surface area contributed by atoms with E-state index in [2.05, 4.69) is 40.1 Å². The number of rotatable bonds is 4. The number of para-hydroxylation sites is 1. The molecule has 0 spiro atoms. The van der Waals surface area contributed by atoms with E-state index < -0.39 is 4.92 Å². The van der Waals surface area contributed by atoms with Crippen molar-refractivity contribution in [1.29, 1.82) is 0 Å². The van der Waals surface area contributed by atoms with Crippen LogP contribution >= 0.6 is 15.9 Å². The van der Waals surface area contributed by atoms with Gasteiger partial charge in [-0.2, -0.15) is 0 Å². The maximum Gasteiger partial charge on any atom is 0.312 e. The molecule has 5 nitrogen and oxygen atoms in total. The van der Waals surface area contributed by atoms with Crippen LogP contribution in [0.2, 0.25) is 0 Å². The molecule has 0 unspecified atom stereocenters. The largest absolute Gasteiger partial charge is 0.334 e. The summed E-state index contributed by atoms with van der Waals surface area (Å²) < 4.78 is 0.577. The molecule has 1 heterocycles. The minimum Gasteiger partial charge on any atom is -0.334 e. The first-order valence-corrected chi connectivity index (χ1v) is 7.36. The van der Waals surface area contributed by atoms with Crippen molar-refractivity contribution in [2.45, 2.75) is 26.7 Å². The Kier molecular flexibility index (Phi) is 4.57. The number of aromatic nitrogens is 1. The van der Waals surface area contributed by atoms with E-state index in [0.29, 0.717) is 10.4 Å². The number of halogens is 1. The fourth-order valence-corrected chi connectivity index (χ4v) is 2.44. The number of aryl methyl sites for hydroxylation is 1. The standard InChI is InChI=1S/C15H16BrN3O2/c1-9(2)12-6-4-5-10(3)14(12)18-15-13(19(20)21)7-11(16)8-17-15/h4-9H,1-3H3,(H,17,18). The van der Waals surface area contributed by atoms with Gasteiger partial charge in [0.2, 0.25) is 5.82 Å². The van der Waals surface area contributed by atoms with Crippen molar-refractivity contribution in [2.75, 3.05) is 5.32 Å². The van der Waals surface area contributed by atoms with Crippen LogP contribution in [0.4, 0.5) is 17.2 Å². The molecule has 2 rings (SSSR count). The molecule has 0 aliphatic heterocycles. The van der Waals surface area contributed by atoms with Crippen LogP contribution in [0.3, 0.4) is 0 Å². The zero-order chi connectivity index (χ0) is 15.6. The van der Waals surface area contributed by atoms with E-state index in [1.54, 1.807) is 6.20 Å². The monoisotopic (exact) mass is 349 g/mol. The first-order valence-electron chi connectivity index (χ1n) is 6.56. The van der Waals surface area contributed by atoms with E-state index in [4.69, 9.17) is 0 Å². The molecule has 0 radical (unpaired) electrons. The Morgan fingerprint density at radius 1 is 1.38 bits per heavy atom.